The van der Waals surface area contributed by atoms with Crippen molar-refractivity contribution in [1.82, 2.24) is 0 Å². The van der Waals surface area contributed by atoms with E-state index in [1.807, 2.05) is 36.4 Å². The van der Waals surface area contributed by atoms with Gasteiger partial charge < -0.3 is 0 Å². The van der Waals surface area contributed by atoms with E-state index in [4.69, 9.17) is 0 Å². The van der Waals surface area contributed by atoms with Crippen molar-refractivity contribution in [3.05, 3.63) is 65.2 Å². The summed E-state index contributed by atoms with van der Waals surface area (Å²) < 4.78 is 0. The van der Waals surface area contributed by atoms with Gasteiger partial charge in [0.1, 0.15) is 0 Å². The number of ketones is 1. The minimum atomic E-state index is -1.29. The van der Waals surface area contributed by atoms with E-state index in [-0.39, 0.29) is 5.78 Å². The first kappa shape index (κ1) is 14.7. The molecule has 0 aromatic heterocycles. The Bertz CT molecular complexity index is 589. The van der Waals surface area contributed by atoms with Gasteiger partial charge in [-0.1, -0.05) is 80.3 Å². The first-order valence-electron chi connectivity index (χ1n) is 7.16. The largest absolute Gasteiger partial charge is 0.289 e. The van der Waals surface area contributed by atoms with Crippen LogP contribution in [0.15, 0.2) is 48.5 Å². The molecule has 0 heterocycles. The predicted molar refractivity (Wildman–Crippen MR) is 88.7 cm³/mol. The summed E-state index contributed by atoms with van der Waals surface area (Å²) in [6.45, 7) is 9.06. The van der Waals surface area contributed by atoms with Gasteiger partial charge in [-0.15, -0.1) is 0 Å². The second kappa shape index (κ2) is 5.76. The topological polar surface area (TPSA) is 17.1 Å². The van der Waals surface area contributed by atoms with E-state index >= 15 is 0 Å². The van der Waals surface area contributed by atoms with Crippen molar-refractivity contribution in [3.8, 4) is 0 Å². The van der Waals surface area contributed by atoms with Crippen LogP contribution >= 0.6 is 0 Å². The first-order valence-corrected chi connectivity index (χ1v) is 10.7. The van der Waals surface area contributed by atoms with Gasteiger partial charge in [-0.2, -0.15) is 0 Å². The third kappa shape index (κ3) is 3.25. The molecule has 0 spiro atoms. The predicted octanol–water partition coefficient (Wildman–Crippen LogP) is 4.03. The Kier molecular flexibility index (Phi) is 4.24. The zero-order chi connectivity index (χ0) is 14.8. The van der Waals surface area contributed by atoms with E-state index in [0.29, 0.717) is 0 Å². The third-order valence-electron chi connectivity index (χ3n) is 3.64. The fourth-order valence-electron chi connectivity index (χ4n) is 2.18. The average Bonchev–Trinajstić information content (AvgIpc) is 2.46. The fourth-order valence-corrected chi connectivity index (χ4v) is 3.35. The molecule has 0 aliphatic heterocycles. The number of benzene rings is 2. The average molecular weight is 282 g/mol. The summed E-state index contributed by atoms with van der Waals surface area (Å²) in [5, 5.41) is 1.38. The molecule has 2 aromatic rings. The van der Waals surface area contributed by atoms with E-state index in [9.17, 15) is 4.79 Å². The van der Waals surface area contributed by atoms with Crippen LogP contribution in [-0.4, -0.2) is 13.9 Å². The van der Waals surface area contributed by atoms with Crippen LogP contribution in [0.1, 0.15) is 28.4 Å². The van der Waals surface area contributed by atoms with E-state index in [0.717, 1.165) is 17.5 Å². The molecule has 2 aromatic carbocycles. The first-order chi connectivity index (χ1) is 9.41. The molecule has 20 heavy (non-hydrogen) atoms. The van der Waals surface area contributed by atoms with Gasteiger partial charge in [0.05, 0.1) is 8.07 Å². The lowest BCUT2D eigenvalue weighted by Gasteiger charge is -2.16. The summed E-state index contributed by atoms with van der Waals surface area (Å²) in [6.07, 6.45) is 0.999. The monoisotopic (exact) mass is 282 g/mol. The number of hydrogen-bond acceptors (Lipinski definition) is 1. The summed E-state index contributed by atoms with van der Waals surface area (Å²) in [6, 6.07) is 16.1. The van der Waals surface area contributed by atoms with Crippen LogP contribution in [0, 0.1) is 0 Å². The fraction of sp³-hybridized carbons (Fsp3) is 0.278. The Balaban J connectivity index is 2.24. The molecule has 0 N–H and O–H groups in total. The van der Waals surface area contributed by atoms with E-state index in [2.05, 4.69) is 38.7 Å². The highest BCUT2D eigenvalue weighted by Gasteiger charge is 2.17. The molecule has 0 atom stereocenters. The Morgan fingerprint density at radius 3 is 1.70 bits per heavy atom. The van der Waals surface area contributed by atoms with Gasteiger partial charge in [-0.3, -0.25) is 4.79 Å². The number of rotatable bonds is 4. The number of aryl methyl sites for hydroxylation is 1. The second-order valence-electron chi connectivity index (χ2n) is 6.21. The number of carbonyl (C=O) groups excluding carboxylic acids is 1. The Hall–Kier alpha value is -1.67. The van der Waals surface area contributed by atoms with Gasteiger partial charge in [0.2, 0.25) is 0 Å². The van der Waals surface area contributed by atoms with Gasteiger partial charge in [-0.25, -0.2) is 0 Å². The summed E-state index contributed by atoms with van der Waals surface area (Å²) >= 11 is 0. The van der Waals surface area contributed by atoms with Crippen molar-refractivity contribution in [3.63, 3.8) is 0 Å². The van der Waals surface area contributed by atoms with Crippen LogP contribution < -0.4 is 5.19 Å². The van der Waals surface area contributed by atoms with E-state index in [1.165, 1.54) is 10.8 Å². The molecule has 104 valence electrons. The van der Waals surface area contributed by atoms with Crippen molar-refractivity contribution in [2.45, 2.75) is 33.0 Å². The molecule has 0 amide bonds. The maximum Gasteiger partial charge on any atom is 0.193 e. The summed E-state index contributed by atoms with van der Waals surface area (Å²) in [4.78, 5) is 12.4. The van der Waals surface area contributed by atoms with Crippen LogP contribution in [0.5, 0.6) is 0 Å². The molecule has 0 unspecified atom stereocenters. The third-order valence-corrected chi connectivity index (χ3v) is 5.70. The normalized spacial score (nSPS) is 11.4. The van der Waals surface area contributed by atoms with Gasteiger partial charge in [-0.05, 0) is 12.0 Å². The molecular formula is C18H22OSi. The van der Waals surface area contributed by atoms with Crippen molar-refractivity contribution in [2.24, 2.45) is 0 Å². The van der Waals surface area contributed by atoms with Crippen LogP contribution in [0.4, 0.5) is 0 Å². The SMILES string of the molecule is CCc1ccc(C(=O)c2ccc([Si](C)(C)C)cc2)cc1. The smallest absolute Gasteiger partial charge is 0.193 e. The summed E-state index contributed by atoms with van der Waals surface area (Å²) in [5.74, 6) is 0.106. The molecular weight excluding hydrogens is 260 g/mol. The minimum Gasteiger partial charge on any atom is -0.289 e. The highest BCUT2D eigenvalue weighted by Crippen LogP contribution is 2.12. The highest BCUT2D eigenvalue weighted by atomic mass is 28.3. The maximum atomic E-state index is 12.4. The van der Waals surface area contributed by atoms with Crippen LogP contribution in [0.2, 0.25) is 19.6 Å². The Labute approximate surface area is 122 Å². The molecule has 0 fully saturated rings. The molecule has 0 aliphatic rings. The standard InChI is InChI=1S/C18H22OSi/c1-5-14-6-8-15(9-7-14)18(19)16-10-12-17(13-11-16)20(2,3)4/h6-13H,5H2,1-4H3. The van der Waals surface area contributed by atoms with Gasteiger partial charge >= 0.3 is 0 Å². The van der Waals surface area contributed by atoms with E-state index in [1.54, 1.807) is 0 Å². The Morgan fingerprint density at radius 2 is 1.30 bits per heavy atom. The minimum absolute atomic E-state index is 0.106. The second-order valence-corrected chi connectivity index (χ2v) is 11.3. The van der Waals surface area contributed by atoms with E-state index < -0.39 is 8.07 Å². The van der Waals surface area contributed by atoms with Gasteiger partial charge in [0, 0.05) is 11.1 Å². The van der Waals surface area contributed by atoms with Crippen molar-refractivity contribution < 1.29 is 4.79 Å². The quantitative estimate of drug-likeness (QED) is 0.611. The lowest BCUT2D eigenvalue weighted by molar-refractivity contribution is 0.103. The van der Waals surface area contributed by atoms with Crippen molar-refractivity contribution >= 4 is 19.0 Å². The number of carbonyl (C=O) groups is 1. The van der Waals surface area contributed by atoms with Crippen molar-refractivity contribution in [2.75, 3.05) is 0 Å². The summed E-state index contributed by atoms with van der Waals surface area (Å²) in [5.41, 5.74) is 2.80. The molecule has 0 saturated heterocycles. The lowest BCUT2D eigenvalue weighted by atomic mass is 10.0. The molecule has 1 nitrogen and oxygen atoms in total. The van der Waals surface area contributed by atoms with Crippen LogP contribution in [0.3, 0.4) is 0 Å². The molecule has 0 radical (unpaired) electrons. The molecule has 0 aliphatic carbocycles. The summed E-state index contributed by atoms with van der Waals surface area (Å²) in [7, 11) is -1.29. The zero-order valence-electron chi connectivity index (χ0n) is 12.7. The Morgan fingerprint density at radius 1 is 0.850 bits per heavy atom. The maximum absolute atomic E-state index is 12.4. The lowest BCUT2D eigenvalue weighted by Crippen LogP contribution is -2.37. The highest BCUT2D eigenvalue weighted by molar-refractivity contribution is 6.88. The molecule has 0 bridgehead atoms. The zero-order valence-corrected chi connectivity index (χ0v) is 13.7. The van der Waals surface area contributed by atoms with Crippen LogP contribution in [0.25, 0.3) is 0 Å². The molecule has 2 heteroatoms. The molecule has 2 rings (SSSR count). The van der Waals surface area contributed by atoms with Gasteiger partial charge in [0.15, 0.2) is 5.78 Å². The van der Waals surface area contributed by atoms with Crippen LogP contribution in [-0.2, 0) is 6.42 Å². The number of hydrogen-bond donors (Lipinski definition) is 0. The molecule has 0 saturated carbocycles. The van der Waals surface area contributed by atoms with Crippen molar-refractivity contribution in [1.29, 1.82) is 0 Å². The van der Waals surface area contributed by atoms with Gasteiger partial charge in [0.25, 0.3) is 0 Å².